The first-order valence-corrected chi connectivity index (χ1v) is 9.24. The molecule has 0 radical (unpaired) electrons. The summed E-state index contributed by atoms with van der Waals surface area (Å²) in [5.74, 6) is -0.420. The van der Waals surface area contributed by atoms with Crippen LogP contribution < -0.4 is 10.1 Å². The molecule has 0 saturated carbocycles. The van der Waals surface area contributed by atoms with Gasteiger partial charge in [0.1, 0.15) is 11.3 Å². The Kier molecular flexibility index (Phi) is 4.54. The Morgan fingerprint density at radius 1 is 1.00 bits per heavy atom. The summed E-state index contributed by atoms with van der Waals surface area (Å²) < 4.78 is 5.22. The van der Waals surface area contributed by atoms with Gasteiger partial charge < -0.3 is 10.1 Å². The number of nitrogens with zero attached hydrogens (tertiary/aromatic N) is 1. The van der Waals surface area contributed by atoms with Gasteiger partial charge in [0, 0.05) is 0 Å². The Morgan fingerprint density at radius 2 is 1.69 bits per heavy atom. The number of Topliss-reactive ketones (excluding diaryl/α,β-unsaturated/α-hetero) is 1. The number of hydrogen-bond acceptors (Lipinski definition) is 4. The molecule has 1 unspecified atom stereocenters. The van der Waals surface area contributed by atoms with Crippen molar-refractivity contribution in [1.29, 1.82) is 0 Å². The van der Waals surface area contributed by atoms with E-state index in [2.05, 4.69) is 5.32 Å². The molecule has 0 aliphatic carbocycles. The van der Waals surface area contributed by atoms with E-state index in [1.54, 1.807) is 31.2 Å². The molecule has 146 valence electrons. The van der Waals surface area contributed by atoms with Crippen molar-refractivity contribution < 1.29 is 19.1 Å². The number of carbonyl (C=O) groups is 3. The summed E-state index contributed by atoms with van der Waals surface area (Å²) in [5.41, 5.74) is -0.227. The quantitative estimate of drug-likeness (QED) is 0.536. The van der Waals surface area contributed by atoms with Crippen LogP contribution in [0.4, 0.5) is 4.79 Å². The minimum Gasteiger partial charge on any atom is -0.496 e. The van der Waals surface area contributed by atoms with Crippen molar-refractivity contribution in [3.63, 3.8) is 0 Å². The second kappa shape index (κ2) is 7.05. The van der Waals surface area contributed by atoms with Crippen LogP contribution in [0, 0.1) is 0 Å². The summed E-state index contributed by atoms with van der Waals surface area (Å²) in [6.07, 6.45) is 0. The van der Waals surface area contributed by atoms with E-state index in [1.165, 1.54) is 7.11 Å². The molecule has 1 aliphatic heterocycles. The fourth-order valence-electron chi connectivity index (χ4n) is 3.79. The fourth-order valence-corrected chi connectivity index (χ4v) is 3.79. The zero-order valence-corrected chi connectivity index (χ0v) is 16.1. The number of methoxy groups -OCH3 is 1. The molecule has 29 heavy (non-hydrogen) atoms. The molecule has 4 rings (SSSR count). The van der Waals surface area contributed by atoms with Gasteiger partial charge in [-0.05, 0) is 35.4 Å². The SMILES string of the molecule is COc1ccccc1C(=O)CN1C(=O)NC(C)(c2cccc3ccccc23)C1=O. The van der Waals surface area contributed by atoms with E-state index in [1.807, 2.05) is 42.5 Å². The maximum absolute atomic E-state index is 13.3. The molecule has 0 bridgehead atoms. The van der Waals surface area contributed by atoms with Crippen molar-refractivity contribution in [3.05, 3.63) is 77.9 Å². The molecule has 1 atom stereocenters. The van der Waals surface area contributed by atoms with Gasteiger partial charge in [-0.2, -0.15) is 0 Å². The number of ketones is 1. The van der Waals surface area contributed by atoms with E-state index in [0.29, 0.717) is 16.9 Å². The van der Waals surface area contributed by atoms with Crippen LogP contribution in [0.15, 0.2) is 66.7 Å². The van der Waals surface area contributed by atoms with Crippen LogP contribution in [0.5, 0.6) is 5.75 Å². The Morgan fingerprint density at radius 3 is 2.48 bits per heavy atom. The Bertz CT molecular complexity index is 1140. The lowest BCUT2D eigenvalue weighted by Crippen LogP contribution is -2.41. The number of fused-ring (bicyclic) bond motifs is 1. The van der Waals surface area contributed by atoms with Gasteiger partial charge >= 0.3 is 6.03 Å². The molecule has 0 spiro atoms. The summed E-state index contributed by atoms with van der Waals surface area (Å²) in [4.78, 5) is 39.7. The number of benzene rings is 3. The lowest BCUT2D eigenvalue weighted by molar-refractivity contribution is -0.130. The van der Waals surface area contributed by atoms with Crippen LogP contribution in [0.3, 0.4) is 0 Å². The molecule has 0 aromatic heterocycles. The van der Waals surface area contributed by atoms with Crippen molar-refractivity contribution in [2.24, 2.45) is 0 Å². The molecule has 1 aliphatic rings. The predicted octanol–water partition coefficient (Wildman–Crippen LogP) is 3.50. The molecule has 6 nitrogen and oxygen atoms in total. The minimum atomic E-state index is -1.25. The van der Waals surface area contributed by atoms with Crippen molar-refractivity contribution in [2.45, 2.75) is 12.5 Å². The third-order valence-electron chi connectivity index (χ3n) is 5.31. The van der Waals surface area contributed by atoms with Gasteiger partial charge in [0.2, 0.25) is 0 Å². The number of nitrogens with one attached hydrogen (secondary N) is 1. The van der Waals surface area contributed by atoms with Gasteiger partial charge in [0.15, 0.2) is 5.78 Å². The molecule has 3 aromatic rings. The first kappa shape index (κ1) is 18.7. The van der Waals surface area contributed by atoms with Crippen LogP contribution in [-0.2, 0) is 10.3 Å². The van der Waals surface area contributed by atoms with Crippen molar-refractivity contribution in [1.82, 2.24) is 10.2 Å². The summed E-state index contributed by atoms with van der Waals surface area (Å²) in [7, 11) is 1.47. The number of amides is 3. The second-order valence-corrected chi connectivity index (χ2v) is 7.10. The lowest BCUT2D eigenvalue weighted by atomic mass is 9.88. The number of ether oxygens (including phenoxy) is 1. The van der Waals surface area contributed by atoms with Crippen LogP contribution in [0.1, 0.15) is 22.8 Å². The third-order valence-corrected chi connectivity index (χ3v) is 5.31. The van der Waals surface area contributed by atoms with E-state index >= 15 is 0 Å². The molecule has 1 N–H and O–H groups in total. The number of para-hydroxylation sites is 1. The molecule has 6 heteroatoms. The van der Waals surface area contributed by atoms with E-state index < -0.39 is 17.5 Å². The molecule has 1 fully saturated rings. The largest absolute Gasteiger partial charge is 0.496 e. The third kappa shape index (κ3) is 3.02. The van der Waals surface area contributed by atoms with Crippen molar-refractivity contribution >= 4 is 28.5 Å². The van der Waals surface area contributed by atoms with Crippen molar-refractivity contribution in [2.75, 3.05) is 13.7 Å². The average molecular weight is 388 g/mol. The Hall–Kier alpha value is -3.67. The van der Waals surface area contributed by atoms with Crippen molar-refractivity contribution in [3.8, 4) is 5.75 Å². The first-order chi connectivity index (χ1) is 14.0. The summed E-state index contributed by atoms with van der Waals surface area (Å²) in [6, 6.07) is 19.5. The molecule has 1 saturated heterocycles. The molecular formula is C23H20N2O4. The standard InChI is InChI=1S/C23H20N2O4/c1-23(18-12-7-9-15-8-3-4-10-16(15)18)21(27)25(22(28)24-23)14-19(26)17-11-5-6-13-20(17)29-2/h3-13H,14H2,1-2H3,(H,24,28). The fraction of sp³-hybridized carbons (Fsp3) is 0.174. The van der Waals surface area contributed by atoms with Crippen LogP contribution in [0.25, 0.3) is 10.8 Å². The number of rotatable bonds is 5. The molecule has 1 heterocycles. The molecule has 3 aromatic carbocycles. The van der Waals surface area contributed by atoms with Crippen LogP contribution >= 0.6 is 0 Å². The highest BCUT2D eigenvalue weighted by atomic mass is 16.5. The first-order valence-electron chi connectivity index (χ1n) is 9.24. The lowest BCUT2D eigenvalue weighted by Gasteiger charge is -2.24. The summed E-state index contributed by atoms with van der Waals surface area (Å²) >= 11 is 0. The summed E-state index contributed by atoms with van der Waals surface area (Å²) in [5, 5.41) is 4.63. The van der Waals surface area contributed by atoms with Gasteiger partial charge in [-0.3, -0.25) is 14.5 Å². The van der Waals surface area contributed by atoms with Gasteiger partial charge in [0.05, 0.1) is 19.2 Å². The van der Waals surface area contributed by atoms with Gasteiger partial charge in [-0.25, -0.2) is 4.79 Å². The zero-order chi connectivity index (χ0) is 20.6. The number of hydrogen-bond donors (Lipinski definition) is 1. The van der Waals surface area contributed by atoms with Gasteiger partial charge in [0.25, 0.3) is 5.91 Å². The van der Waals surface area contributed by atoms with Gasteiger partial charge in [-0.1, -0.05) is 54.6 Å². The minimum absolute atomic E-state index is 0.328. The summed E-state index contributed by atoms with van der Waals surface area (Å²) in [6.45, 7) is 1.31. The topological polar surface area (TPSA) is 75.7 Å². The van der Waals surface area contributed by atoms with Crippen LogP contribution in [0.2, 0.25) is 0 Å². The van der Waals surface area contributed by atoms with Gasteiger partial charge in [-0.15, -0.1) is 0 Å². The smallest absolute Gasteiger partial charge is 0.325 e. The van der Waals surface area contributed by atoms with E-state index in [9.17, 15) is 14.4 Å². The highest BCUT2D eigenvalue weighted by molar-refractivity contribution is 6.13. The Labute approximate surface area is 168 Å². The highest BCUT2D eigenvalue weighted by Gasteiger charge is 2.50. The highest BCUT2D eigenvalue weighted by Crippen LogP contribution is 2.34. The number of carbonyl (C=O) groups excluding carboxylic acids is 3. The maximum Gasteiger partial charge on any atom is 0.325 e. The van der Waals surface area contributed by atoms with E-state index in [0.717, 1.165) is 15.7 Å². The predicted molar refractivity (Wildman–Crippen MR) is 109 cm³/mol. The second-order valence-electron chi connectivity index (χ2n) is 7.10. The number of urea groups is 1. The van der Waals surface area contributed by atoms with E-state index in [-0.39, 0.29) is 12.3 Å². The maximum atomic E-state index is 13.3. The molecule has 3 amide bonds. The number of imide groups is 1. The molecular weight excluding hydrogens is 368 g/mol. The normalized spacial score (nSPS) is 18.8. The van der Waals surface area contributed by atoms with Crippen LogP contribution in [-0.4, -0.2) is 36.3 Å². The zero-order valence-electron chi connectivity index (χ0n) is 16.1. The monoisotopic (exact) mass is 388 g/mol. The Balaban J connectivity index is 1.67. The average Bonchev–Trinajstić information content (AvgIpc) is 2.97. The van der Waals surface area contributed by atoms with E-state index in [4.69, 9.17) is 4.74 Å².